The van der Waals surface area contributed by atoms with Gasteiger partial charge < -0.3 is 15.2 Å². The van der Waals surface area contributed by atoms with E-state index in [1.165, 1.54) is 17.8 Å². The summed E-state index contributed by atoms with van der Waals surface area (Å²) in [5, 5.41) is 3.21. The molecule has 148 valence electrons. The number of carbonyl (C=O) groups is 2. The number of carbonyl (C=O) groups excluding carboxylic acids is 2. The zero-order valence-corrected chi connectivity index (χ0v) is 16.5. The average molecular weight is 401 g/mol. The van der Waals surface area contributed by atoms with Crippen LogP contribution in [-0.4, -0.2) is 52.1 Å². The van der Waals surface area contributed by atoms with Crippen molar-refractivity contribution in [3.63, 3.8) is 0 Å². The van der Waals surface area contributed by atoms with Crippen LogP contribution in [-0.2, 0) is 22.4 Å². The SMILES string of the molecule is O=C(Cc1cc(=O)[nH]c(SCC(=O)N2CCCC2)n1)NCCc1ccccc1. The molecule has 7 nitrogen and oxygen atoms in total. The lowest BCUT2D eigenvalue weighted by Gasteiger charge is -2.14. The van der Waals surface area contributed by atoms with Crippen LogP contribution in [0.2, 0.25) is 0 Å². The predicted octanol–water partition coefficient (Wildman–Crippen LogP) is 1.39. The van der Waals surface area contributed by atoms with Crippen LogP contribution >= 0.6 is 11.8 Å². The molecule has 8 heteroatoms. The van der Waals surface area contributed by atoms with Crippen LogP contribution in [0.15, 0.2) is 46.3 Å². The summed E-state index contributed by atoms with van der Waals surface area (Å²) < 4.78 is 0. The Morgan fingerprint density at radius 3 is 2.68 bits per heavy atom. The van der Waals surface area contributed by atoms with Gasteiger partial charge in [0.1, 0.15) is 0 Å². The first-order valence-electron chi connectivity index (χ1n) is 9.41. The molecule has 2 N–H and O–H groups in total. The van der Waals surface area contributed by atoms with Gasteiger partial charge in [-0.1, -0.05) is 42.1 Å². The summed E-state index contributed by atoms with van der Waals surface area (Å²) in [6, 6.07) is 11.2. The number of hydrogen-bond donors (Lipinski definition) is 2. The van der Waals surface area contributed by atoms with Crippen molar-refractivity contribution < 1.29 is 9.59 Å². The first-order valence-corrected chi connectivity index (χ1v) is 10.4. The third-order valence-corrected chi connectivity index (χ3v) is 5.34. The van der Waals surface area contributed by atoms with Gasteiger partial charge in [-0.3, -0.25) is 14.4 Å². The van der Waals surface area contributed by atoms with Crippen LogP contribution in [0.4, 0.5) is 0 Å². The molecule has 2 aromatic rings. The smallest absolute Gasteiger partial charge is 0.251 e. The molecule has 1 aromatic heterocycles. The Balaban J connectivity index is 1.48. The van der Waals surface area contributed by atoms with Crippen molar-refractivity contribution in [1.29, 1.82) is 0 Å². The van der Waals surface area contributed by atoms with E-state index in [9.17, 15) is 14.4 Å². The van der Waals surface area contributed by atoms with E-state index in [0.29, 0.717) is 17.4 Å². The molecular weight excluding hydrogens is 376 g/mol. The first-order chi connectivity index (χ1) is 13.6. The summed E-state index contributed by atoms with van der Waals surface area (Å²) in [6.07, 6.45) is 2.86. The molecule has 0 atom stereocenters. The Labute approximate surface area is 167 Å². The van der Waals surface area contributed by atoms with Gasteiger partial charge in [-0.15, -0.1) is 0 Å². The van der Waals surface area contributed by atoms with Crippen LogP contribution < -0.4 is 10.9 Å². The number of rotatable bonds is 8. The number of H-pyrrole nitrogens is 1. The Morgan fingerprint density at radius 2 is 1.93 bits per heavy atom. The van der Waals surface area contributed by atoms with Gasteiger partial charge in [0.2, 0.25) is 11.8 Å². The molecule has 2 amide bonds. The molecule has 0 saturated carbocycles. The zero-order chi connectivity index (χ0) is 19.8. The van der Waals surface area contributed by atoms with Crippen molar-refractivity contribution in [1.82, 2.24) is 20.2 Å². The summed E-state index contributed by atoms with van der Waals surface area (Å²) in [4.78, 5) is 44.9. The molecule has 1 saturated heterocycles. The van der Waals surface area contributed by atoms with Crippen LogP contribution in [0.3, 0.4) is 0 Å². The van der Waals surface area contributed by atoms with Gasteiger partial charge in [-0.05, 0) is 24.8 Å². The third-order valence-electron chi connectivity index (χ3n) is 4.48. The standard InChI is InChI=1S/C20H24N4O3S/c25-17(21-9-8-15-6-2-1-3-7-15)12-16-13-18(26)23-20(22-16)28-14-19(27)24-10-4-5-11-24/h1-3,6-7,13H,4-5,8-12,14H2,(H,21,25)(H,22,23,26). The highest BCUT2D eigenvalue weighted by Crippen LogP contribution is 2.15. The second-order valence-corrected chi connectivity index (χ2v) is 7.64. The number of nitrogens with one attached hydrogen (secondary N) is 2. The number of likely N-dealkylation sites (tertiary alicyclic amines) is 1. The van der Waals surface area contributed by atoms with Crippen molar-refractivity contribution in [3.8, 4) is 0 Å². The lowest BCUT2D eigenvalue weighted by atomic mass is 10.1. The number of aromatic amines is 1. The van der Waals surface area contributed by atoms with Crippen LogP contribution in [0, 0.1) is 0 Å². The lowest BCUT2D eigenvalue weighted by Crippen LogP contribution is -2.29. The molecule has 0 radical (unpaired) electrons. The number of aromatic nitrogens is 2. The minimum Gasteiger partial charge on any atom is -0.355 e. The van der Waals surface area contributed by atoms with Crippen LogP contribution in [0.25, 0.3) is 0 Å². The topological polar surface area (TPSA) is 95.2 Å². The lowest BCUT2D eigenvalue weighted by molar-refractivity contribution is -0.127. The van der Waals surface area contributed by atoms with E-state index in [4.69, 9.17) is 0 Å². The largest absolute Gasteiger partial charge is 0.355 e. The Hall–Kier alpha value is -2.61. The van der Waals surface area contributed by atoms with Gasteiger partial charge in [0.05, 0.1) is 17.9 Å². The third kappa shape index (κ3) is 6.23. The maximum Gasteiger partial charge on any atom is 0.251 e. The van der Waals surface area contributed by atoms with Crippen molar-refractivity contribution in [2.24, 2.45) is 0 Å². The summed E-state index contributed by atoms with van der Waals surface area (Å²) in [7, 11) is 0. The minimum atomic E-state index is -0.321. The number of thioether (sulfide) groups is 1. The summed E-state index contributed by atoms with van der Waals surface area (Å²) in [5.41, 5.74) is 1.23. The summed E-state index contributed by atoms with van der Waals surface area (Å²) in [5.74, 6) is 0.0997. The van der Waals surface area contributed by atoms with E-state index in [0.717, 1.165) is 37.9 Å². The van der Waals surface area contributed by atoms with Gasteiger partial charge in [-0.2, -0.15) is 0 Å². The van der Waals surface area contributed by atoms with Gasteiger partial charge in [0.15, 0.2) is 5.16 Å². The van der Waals surface area contributed by atoms with Crippen molar-refractivity contribution in [3.05, 3.63) is 58.0 Å². The molecule has 0 bridgehead atoms. The monoisotopic (exact) mass is 400 g/mol. The fraction of sp³-hybridized carbons (Fsp3) is 0.400. The molecule has 28 heavy (non-hydrogen) atoms. The van der Waals surface area contributed by atoms with Crippen molar-refractivity contribution in [2.45, 2.75) is 30.8 Å². The molecule has 1 fully saturated rings. The summed E-state index contributed by atoms with van der Waals surface area (Å²) >= 11 is 1.20. The maximum atomic E-state index is 12.1. The summed E-state index contributed by atoms with van der Waals surface area (Å²) in [6.45, 7) is 2.12. The molecule has 2 heterocycles. The number of amides is 2. The van der Waals surface area contributed by atoms with E-state index in [2.05, 4.69) is 15.3 Å². The highest BCUT2D eigenvalue weighted by atomic mass is 32.2. The number of benzene rings is 1. The molecule has 1 aromatic carbocycles. The maximum absolute atomic E-state index is 12.1. The molecule has 1 aliphatic heterocycles. The predicted molar refractivity (Wildman–Crippen MR) is 108 cm³/mol. The molecular formula is C20H24N4O3S. The quantitative estimate of drug-likeness (QED) is 0.516. The highest BCUT2D eigenvalue weighted by molar-refractivity contribution is 7.99. The van der Waals surface area contributed by atoms with Gasteiger partial charge >= 0.3 is 0 Å². The molecule has 3 rings (SSSR count). The number of hydrogen-bond acceptors (Lipinski definition) is 5. The zero-order valence-electron chi connectivity index (χ0n) is 15.6. The van der Waals surface area contributed by atoms with Crippen molar-refractivity contribution >= 4 is 23.6 Å². The average Bonchev–Trinajstić information content (AvgIpc) is 3.21. The van der Waals surface area contributed by atoms with E-state index in [1.807, 2.05) is 35.2 Å². The van der Waals surface area contributed by atoms with Gasteiger partial charge in [-0.25, -0.2) is 4.98 Å². The van der Waals surface area contributed by atoms with Crippen LogP contribution in [0.5, 0.6) is 0 Å². The van der Waals surface area contributed by atoms with Crippen molar-refractivity contribution in [2.75, 3.05) is 25.4 Å². The second kappa shape index (κ2) is 10.1. The normalized spacial score (nSPS) is 13.5. The minimum absolute atomic E-state index is 0.0341. The fourth-order valence-corrected chi connectivity index (χ4v) is 3.85. The Bertz CT molecular complexity index is 863. The van der Waals surface area contributed by atoms with Crippen LogP contribution in [0.1, 0.15) is 24.1 Å². The fourth-order valence-electron chi connectivity index (χ4n) is 3.05. The van der Waals surface area contributed by atoms with E-state index in [1.54, 1.807) is 0 Å². The molecule has 0 unspecified atom stereocenters. The molecule has 0 spiro atoms. The highest BCUT2D eigenvalue weighted by Gasteiger charge is 2.18. The Morgan fingerprint density at radius 1 is 1.18 bits per heavy atom. The Kier molecular flexibility index (Phi) is 7.25. The van der Waals surface area contributed by atoms with Gasteiger partial charge in [0.25, 0.3) is 5.56 Å². The molecule has 1 aliphatic rings. The van der Waals surface area contributed by atoms with E-state index >= 15 is 0 Å². The number of nitrogens with zero attached hydrogens (tertiary/aromatic N) is 2. The molecule has 0 aliphatic carbocycles. The van der Waals surface area contributed by atoms with Gasteiger partial charge in [0, 0.05) is 25.7 Å². The first kappa shape index (κ1) is 20.1. The van der Waals surface area contributed by atoms with E-state index in [-0.39, 0.29) is 29.5 Å². The second-order valence-electron chi connectivity index (χ2n) is 6.68. The van der Waals surface area contributed by atoms with E-state index < -0.39 is 0 Å².